The molecule has 4 heterocycles. The van der Waals surface area contributed by atoms with Crippen LogP contribution in [0.5, 0.6) is 11.6 Å². The molecule has 0 spiro atoms. The molecular weight excluding hydrogens is 451 g/mol. The van der Waals surface area contributed by atoms with Crippen LogP contribution in [0.1, 0.15) is 30.7 Å². The topological polar surface area (TPSA) is 102 Å². The Kier molecular flexibility index (Phi) is 4.74. The van der Waals surface area contributed by atoms with Crippen LogP contribution in [0.4, 0.5) is 19.0 Å². The van der Waals surface area contributed by atoms with Gasteiger partial charge >= 0.3 is 0 Å². The lowest BCUT2D eigenvalue weighted by atomic mass is 9.87. The van der Waals surface area contributed by atoms with Crippen LogP contribution in [0.25, 0.3) is 17.2 Å². The molecule has 0 saturated heterocycles. The maximum absolute atomic E-state index is 14.0. The van der Waals surface area contributed by atoms with Gasteiger partial charge in [0, 0.05) is 6.20 Å². The molecule has 8 nitrogen and oxygen atoms in total. The molecule has 0 atom stereocenters. The maximum Gasteiger partial charge on any atom is 0.235 e. The standard InChI is InChI=1S/C23H18F3N5O3/c1-10-17(19-28-18-15(21(32)29-19)23(2,3)22(33)30-18)31-8-4-5-14(20(31)27-10)34-9-11-12(24)6-7-13(25)16(11)26/h4-8H,9H2,1-3H3,(H2,28,29,30,32,33). The molecule has 3 aromatic heterocycles. The number of pyridine rings is 1. The lowest BCUT2D eigenvalue weighted by Crippen LogP contribution is -2.27. The van der Waals surface area contributed by atoms with Crippen molar-refractivity contribution in [2.45, 2.75) is 32.8 Å². The predicted octanol–water partition coefficient (Wildman–Crippen LogP) is 4.03. The van der Waals surface area contributed by atoms with Crippen molar-refractivity contribution in [1.29, 1.82) is 0 Å². The van der Waals surface area contributed by atoms with Crippen LogP contribution in [-0.4, -0.2) is 30.4 Å². The summed E-state index contributed by atoms with van der Waals surface area (Å²) in [6, 6.07) is 4.69. The van der Waals surface area contributed by atoms with Crippen molar-refractivity contribution in [2.24, 2.45) is 0 Å². The van der Waals surface area contributed by atoms with Gasteiger partial charge in [-0.25, -0.2) is 23.1 Å². The van der Waals surface area contributed by atoms with Crippen LogP contribution in [0, 0.1) is 24.4 Å². The van der Waals surface area contributed by atoms with Crippen molar-refractivity contribution in [3.8, 4) is 23.1 Å². The van der Waals surface area contributed by atoms with Gasteiger partial charge in [-0.05, 0) is 45.0 Å². The van der Waals surface area contributed by atoms with Crippen LogP contribution in [0.2, 0.25) is 0 Å². The minimum Gasteiger partial charge on any atom is -0.493 e. The zero-order valence-corrected chi connectivity index (χ0v) is 18.3. The number of hydrogen-bond donors (Lipinski definition) is 2. The Morgan fingerprint density at radius 2 is 1.85 bits per heavy atom. The van der Waals surface area contributed by atoms with E-state index in [1.807, 2.05) is 0 Å². The molecule has 4 aromatic rings. The van der Waals surface area contributed by atoms with E-state index in [1.165, 1.54) is 0 Å². The van der Waals surface area contributed by atoms with Crippen LogP contribution < -0.4 is 10.1 Å². The second-order valence-electron chi connectivity index (χ2n) is 8.40. The SMILES string of the molecule is Cc1nc2c(OCc3c(F)ccc(F)c3F)cccn2c1-c1nc(O)c2c(n1)NC(=O)C2(C)C. The van der Waals surface area contributed by atoms with E-state index >= 15 is 0 Å². The third kappa shape index (κ3) is 3.15. The average molecular weight is 469 g/mol. The van der Waals surface area contributed by atoms with Crippen molar-refractivity contribution in [1.82, 2.24) is 19.4 Å². The molecule has 1 aliphatic heterocycles. The summed E-state index contributed by atoms with van der Waals surface area (Å²) in [6.45, 7) is 4.44. The predicted molar refractivity (Wildman–Crippen MR) is 115 cm³/mol. The number of fused-ring (bicyclic) bond motifs is 2. The number of amides is 1. The molecular formula is C23H18F3N5O3. The zero-order valence-electron chi connectivity index (χ0n) is 18.3. The van der Waals surface area contributed by atoms with Gasteiger partial charge in [-0.2, -0.15) is 4.98 Å². The summed E-state index contributed by atoms with van der Waals surface area (Å²) >= 11 is 0. The van der Waals surface area contributed by atoms with Crippen LogP contribution in [0.3, 0.4) is 0 Å². The minimum atomic E-state index is -1.32. The first-order chi connectivity index (χ1) is 16.1. The number of benzene rings is 1. The van der Waals surface area contributed by atoms with Gasteiger partial charge in [-0.3, -0.25) is 9.20 Å². The van der Waals surface area contributed by atoms with Gasteiger partial charge in [-0.1, -0.05) is 0 Å². The van der Waals surface area contributed by atoms with Crippen molar-refractivity contribution >= 4 is 17.4 Å². The molecule has 1 aliphatic rings. The summed E-state index contributed by atoms with van der Waals surface area (Å²) in [5.41, 5.74) is -0.0518. The fourth-order valence-corrected chi connectivity index (χ4v) is 3.99. The third-order valence-corrected chi connectivity index (χ3v) is 5.83. The number of imidazole rings is 1. The molecule has 0 fully saturated rings. The molecule has 2 N–H and O–H groups in total. The van der Waals surface area contributed by atoms with Gasteiger partial charge in [0.1, 0.15) is 23.9 Å². The second kappa shape index (κ2) is 7.44. The number of nitrogens with one attached hydrogen (secondary N) is 1. The fourth-order valence-electron chi connectivity index (χ4n) is 3.99. The number of ether oxygens (including phenoxy) is 1. The number of aromatic hydroxyl groups is 1. The van der Waals surface area contributed by atoms with Crippen molar-refractivity contribution in [3.63, 3.8) is 0 Å². The summed E-state index contributed by atoms with van der Waals surface area (Å²) in [4.78, 5) is 25.4. The number of carbonyl (C=O) groups is 1. The Bertz CT molecular complexity index is 1500. The van der Waals surface area contributed by atoms with E-state index in [9.17, 15) is 23.1 Å². The summed E-state index contributed by atoms with van der Waals surface area (Å²) in [5.74, 6) is -3.58. The highest BCUT2D eigenvalue weighted by molar-refractivity contribution is 6.05. The molecule has 174 valence electrons. The highest BCUT2D eigenvalue weighted by Crippen LogP contribution is 2.42. The molecule has 11 heteroatoms. The highest BCUT2D eigenvalue weighted by atomic mass is 19.2. The Balaban J connectivity index is 1.57. The Morgan fingerprint density at radius 1 is 1.12 bits per heavy atom. The van der Waals surface area contributed by atoms with Gasteiger partial charge in [0.25, 0.3) is 0 Å². The minimum absolute atomic E-state index is 0.110. The first kappa shape index (κ1) is 21.7. The van der Waals surface area contributed by atoms with E-state index in [0.29, 0.717) is 28.7 Å². The van der Waals surface area contributed by atoms with Crippen molar-refractivity contribution in [2.75, 3.05) is 5.32 Å². The van der Waals surface area contributed by atoms with E-state index < -0.39 is 35.0 Å². The molecule has 0 aliphatic carbocycles. The molecule has 0 unspecified atom stereocenters. The van der Waals surface area contributed by atoms with E-state index in [-0.39, 0.29) is 29.2 Å². The smallest absolute Gasteiger partial charge is 0.235 e. The van der Waals surface area contributed by atoms with Crippen LogP contribution in [-0.2, 0) is 16.8 Å². The van der Waals surface area contributed by atoms with Gasteiger partial charge < -0.3 is 15.2 Å². The van der Waals surface area contributed by atoms with E-state index in [4.69, 9.17) is 4.74 Å². The number of rotatable bonds is 4. The zero-order chi connectivity index (χ0) is 24.4. The van der Waals surface area contributed by atoms with Crippen LogP contribution in [0.15, 0.2) is 30.5 Å². The number of aromatic nitrogens is 4. The van der Waals surface area contributed by atoms with Crippen LogP contribution >= 0.6 is 0 Å². The summed E-state index contributed by atoms with van der Waals surface area (Å²) in [6.07, 6.45) is 1.65. The Labute approximate surface area is 191 Å². The highest BCUT2D eigenvalue weighted by Gasteiger charge is 2.43. The number of nitrogens with zero attached hydrogens (tertiary/aromatic N) is 4. The fraction of sp³-hybridized carbons (Fsp3) is 0.217. The lowest BCUT2D eigenvalue weighted by Gasteiger charge is -2.15. The molecule has 0 bridgehead atoms. The number of carbonyl (C=O) groups excluding carboxylic acids is 1. The number of halogens is 3. The monoisotopic (exact) mass is 469 g/mol. The first-order valence-electron chi connectivity index (χ1n) is 10.3. The van der Waals surface area contributed by atoms with Gasteiger partial charge in [0.05, 0.1) is 22.2 Å². The molecule has 0 radical (unpaired) electrons. The lowest BCUT2D eigenvalue weighted by molar-refractivity contribution is -0.119. The molecule has 1 amide bonds. The van der Waals surface area contributed by atoms with Gasteiger partial charge in [-0.15, -0.1) is 0 Å². The third-order valence-electron chi connectivity index (χ3n) is 5.83. The molecule has 34 heavy (non-hydrogen) atoms. The van der Waals surface area contributed by atoms with E-state index in [1.54, 1.807) is 43.5 Å². The first-order valence-corrected chi connectivity index (χ1v) is 10.3. The Hall–Kier alpha value is -4.15. The molecule has 1 aromatic carbocycles. The summed E-state index contributed by atoms with van der Waals surface area (Å²) in [5, 5.41) is 13.2. The van der Waals surface area contributed by atoms with Crippen molar-refractivity contribution in [3.05, 3.63) is 64.7 Å². The molecule has 0 saturated carbocycles. The van der Waals surface area contributed by atoms with E-state index in [2.05, 4.69) is 20.3 Å². The van der Waals surface area contributed by atoms with Gasteiger partial charge in [0.2, 0.25) is 11.8 Å². The van der Waals surface area contributed by atoms with E-state index in [0.717, 1.165) is 6.07 Å². The largest absolute Gasteiger partial charge is 0.493 e. The Morgan fingerprint density at radius 3 is 2.62 bits per heavy atom. The number of anilines is 1. The van der Waals surface area contributed by atoms with Gasteiger partial charge in [0.15, 0.2) is 28.9 Å². The quantitative estimate of drug-likeness (QED) is 0.438. The van der Waals surface area contributed by atoms with Crippen molar-refractivity contribution < 1.29 is 27.8 Å². The molecule has 5 rings (SSSR count). The normalized spacial score (nSPS) is 14.4. The second-order valence-corrected chi connectivity index (χ2v) is 8.40. The number of aryl methyl sites for hydroxylation is 1. The average Bonchev–Trinajstić information content (AvgIpc) is 3.23. The summed E-state index contributed by atoms with van der Waals surface area (Å²) in [7, 11) is 0. The maximum atomic E-state index is 14.0. The number of hydrogen-bond acceptors (Lipinski definition) is 6. The summed E-state index contributed by atoms with van der Waals surface area (Å²) < 4.78 is 48.7.